The zero-order valence-electron chi connectivity index (χ0n) is 10.3. The van der Waals surface area contributed by atoms with Crippen LogP contribution in [0.25, 0.3) is 0 Å². The number of nitrogens with zero attached hydrogens (tertiary/aromatic N) is 1. The van der Waals surface area contributed by atoms with Crippen molar-refractivity contribution in [3.63, 3.8) is 0 Å². The largest absolute Gasteiger partial charge is 0.497 e. The highest BCUT2D eigenvalue weighted by Crippen LogP contribution is 2.36. The Labute approximate surface area is 119 Å². The Kier molecular flexibility index (Phi) is 3.45. The third-order valence-electron chi connectivity index (χ3n) is 3.35. The minimum absolute atomic E-state index is 0.329. The Morgan fingerprint density at radius 2 is 1.59 bits per heavy atom. The van der Waals surface area contributed by atoms with Crippen LogP contribution < -0.4 is 5.46 Å². The summed E-state index contributed by atoms with van der Waals surface area (Å²) in [5.41, 5.74) is 0.251. The lowest BCUT2D eigenvalue weighted by Gasteiger charge is -2.32. The number of hydrogen-bond donors (Lipinski definition) is 0. The second-order valence-electron chi connectivity index (χ2n) is 5.10. The Morgan fingerprint density at radius 1 is 1.06 bits per heavy atom. The number of pyridine rings is 1. The molecule has 2 heterocycles. The Balaban J connectivity index is 2.32. The quantitative estimate of drug-likeness (QED) is 0.568. The molecule has 0 radical (unpaired) electrons. The molecule has 1 aliphatic heterocycles. The van der Waals surface area contributed by atoms with Crippen LogP contribution in [0, 0.1) is 0 Å². The topological polar surface area (TPSA) is 31.4 Å². The molecule has 2 rings (SSSR count). The molecule has 0 spiro atoms. The second kappa shape index (κ2) is 4.33. The van der Waals surface area contributed by atoms with Crippen molar-refractivity contribution in [2.75, 3.05) is 0 Å². The first-order chi connectivity index (χ1) is 7.73. The van der Waals surface area contributed by atoms with Gasteiger partial charge in [0, 0.05) is 5.46 Å². The van der Waals surface area contributed by atoms with E-state index in [0.717, 1.165) is 14.7 Å². The fraction of sp³-hybridized carbons (Fsp3) is 0.545. The van der Waals surface area contributed by atoms with Gasteiger partial charge in [-0.3, -0.25) is 0 Å². The summed E-state index contributed by atoms with van der Waals surface area (Å²) in [6, 6.07) is 3.83. The summed E-state index contributed by atoms with van der Waals surface area (Å²) < 4.78 is 13.4. The van der Waals surface area contributed by atoms with E-state index in [9.17, 15) is 0 Å². The normalized spacial score (nSPS) is 21.9. The van der Waals surface area contributed by atoms with Gasteiger partial charge < -0.3 is 9.31 Å². The molecule has 0 atom stereocenters. The molecule has 0 N–H and O–H groups in total. The molecular weight excluding hydrogens is 349 g/mol. The van der Waals surface area contributed by atoms with Crippen molar-refractivity contribution in [2.45, 2.75) is 38.9 Å². The van der Waals surface area contributed by atoms with E-state index in [4.69, 9.17) is 9.31 Å². The van der Waals surface area contributed by atoms with E-state index < -0.39 is 0 Å². The number of hydrogen-bond acceptors (Lipinski definition) is 3. The molecule has 0 bridgehead atoms. The summed E-state index contributed by atoms with van der Waals surface area (Å²) in [5, 5.41) is 0. The van der Waals surface area contributed by atoms with E-state index in [-0.39, 0.29) is 18.3 Å². The molecule has 0 aliphatic carbocycles. The first-order valence-electron chi connectivity index (χ1n) is 5.40. The van der Waals surface area contributed by atoms with Crippen LogP contribution in [-0.2, 0) is 9.31 Å². The standard InChI is InChI=1S/C11H14BBr2NO2/c1-10(2)11(3,4)17-12(16-10)7-5-6-8(13)15-9(7)14/h5-6H,1-4H3. The predicted molar refractivity (Wildman–Crippen MR) is 75.4 cm³/mol. The fourth-order valence-corrected chi connectivity index (χ4v) is 2.63. The van der Waals surface area contributed by atoms with Crippen molar-refractivity contribution >= 4 is 44.4 Å². The number of halogens is 2. The summed E-state index contributed by atoms with van der Waals surface area (Å²) >= 11 is 6.76. The van der Waals surface area contributed by atoms with Crippen molar-refractivity contribution in [1.82, 2.24) is 4.98 Å². The summed E-state index contributed by atoms with van der Waals surface area (Å²) in [6.07, 6.45) is 0. The van der Waals surface area contributed by atoms with Crippen LogP contribution in [-0.4, -0.2) is 23.3 Å². The van der Waals surface area contributed by atoms with E-state index in [1.54, 1.807) is 0 Å². The lowest BCUT2D eigenvalue weighted by Crippen LogP contribution is -2.41. The van der Waals surface area contributed by atoms with Gasteiger partial charge in [-0.1, -0.05) is 6.07 Å². The first-order valence-corrected chi connectivity index (χ1v) is 6.99. The van der Waals surface area contributed by atoms with Crippen LogP contribution in [0.15, 0.2) is 21.3 Å². The zero-order chi connectivity index (χ0) is 12.8. The molecule has 6 heteroatoms. The van der Waals surface area contributed by atoms with E-state index >= 15 is 0 Å². The van der Waals surface area contributed by atoms with Crippen LogP contribution >= 0.6 is 31.9 Å². The van der Waals surface area contributed by atoms with E-state index in [2.05, 4.69) is 36.8 Å². The third-order valence-corrected chi connectivity index (χ3v) is 4.43. The van der Waals surface area contributed by atoms with Crippen LogP contribution in [0.2, 0.25) is 0 Å². The van der Waals surface area contributed by atoms with Gasteiger partial charge in [0.15, 0.2) is 0 Å². The van der Waals surface area contributed by atoms with Gasteiger partial charge in [0.25, 0.3) is 0 Å². The molecule has 1 aliphatic rings. The second-order valence-corrected chi connectivity index (χ2v) is 6.67. The molecule has 0 unspecified atom stereocenters. The maximum atomic E-state index is 5.96. The van der Waals surface area contributed by atoms with Gasteiger partial charge in [-0.25, -0.2) is 4.98 Å². The maximum Gasteiger partial charge on any atom is 0.497 e. The van der Waals surface area contributed by atoms with Crippen LogP contribution in [0.1, 0.15) is 27.7 Å². The minimum atomic E-state index is -0.380. The van der Waals surface area contributed by atoms with Crippen LogP contribution in [0.5, 0.6) is 0 Å². The lowest BCUT2D eigenvalue weighted by atomic mass is 9.80. The molecule has 17 heavy (non-hydrogen) atoms. The monoisotopic (exact) mass is 361 g/mol. The van der Waals surface area contributed by atoms with Gasteiger partial charge in [-0.15, -0.1) is 0 Å². The molecule has 0 aromatic carbocycles. The Morgan fingerprint density at radius 3 is 2.06 bits per heavy atom. The maximum absolute atomic E-state index is 5.96. The van der Waals surface area contributed by atoms with Gasteiger partial charge in [0.1, 0.15) is 9.21 Å². The van der Waals surface area contributed by atoms with Crippen molar-refractivity contribution in [2.24, 2.45) is 0 Å². The van der Waals surface area contributed by atoms with Crippen molar-refractivity contribution in [1.29, 1.82) is 0 Å². The molecule has 1 saturated heterocycles. The molecule has 92 valence electrons. The van der Waals surface area contributed by atoms with E-state index in [0.29, 0.717) is 0 Å². The summed E-state index contributed by atoms with van der Waals surface area (Å²) in [7, 11) is -0.380. The smallest absolute Gasteiger partial charge is 0.399 e. The van der Waals surface area contributed by atoms with E-state index in [1.165, 1.54) is 0 Å². The zero-order valence-corrected chi connectivity index (χ0v) is 13.4. The molecule has 3 nitrogen and oxygen atoms in total. The average Bonchev–Trinajstić information content (AvgIpc) is 2.35. The van der Waals surface area contributed by atoms with Crippen molar-refractivity contribution in [3.8, 4) is 0 Å². The number of aromatic nitrogens is 1. The molecule has 1 aromatic rings. The van der Waals surface area contributed by atoms with Crippen LogP contribution in [0.3, 0.4) is 0 Å². The van der Waals surface area contributed by atoms with Gasteiger partial charge in [0.2, 0.25) is 0 Å². The van der Waals surface area contributed by atoms with Gasteiger partial charge in [-0.2, -0.15) is 0 Å². The highest BCUT2D eigenvalue weighted by atomic mass is 79.9. The first kappa shape index (κ1) is 13.5. The molecular formula is C11H14BBr2NO2. The molecule has 0 amide bonds. The third kappa shape index (κ3) is 2.45. The Hall–Kier alpha value is 0.0949. The minimum Gasteiger partial charge on any atom is -0.399 e. The molecule has 1 aromatic heterocycles. The highest BCUT2D eigenvalue weighted by Gasteiger charge is 2.52. The van der Waals surface area contributed by atoms with Gasteiger partial charge in [0.05, 0.1) is 11.2 Å². The average molecular weight is 363 g/mol. The van der Waals surface area contributed by atoms with Gasteiger partial charge in [-0.05, 0) is 65.6 Å². The van der Waals surface area contributed by atoms with E-state index in [1.807, 2.05) is 39.8 Å². The van der Waals surface area contributed by atoms with Gasteiger partial charge >= 0.3 is 7.12 Å². The number of rotatable bonds is 1. The Bertz CT molecular complexity index is 435. The fourth-order valence-electron chi connectivity index (χ4n) is 1.57. The molecule has 0 saturated carbocycles. The SMILES string of the molecule is CC1(C)OB(c2ccc(Br)nc2Br)OC1(C)C. The lowest BCUT2D eigenvalue weighted by molar-refractivity contribution is 0.00578. The van der Waals surface area contributed by atoms with Crippen LogP contribution in [0.4, 0.5) is 0 Å². The summed E-state index contributed by atoms with van der Waals surface area (Å²) in [6.45, 7) is 8.14. The highest BCUT2D eigenvalue weighted by molar-refractivity contribution is 9.11. The van der Waals surface area contributed by atoms with Crippen molar-refractivity contribution in [3.05, 3.63) is 21.3 Å². The predicted octanol–water partition coefficient (Wildman–Crippen LogP) is 2.91. The molecule has 1 fully saturated rings. The summed E-state index contributed by atoms with van der Waals surface area (Å²) in [5.74, 6) is 0. The summed E-state index contributed by atoms with van der Waals surface area (Å²) in [4.78, 5) is 4.29. The van der Waals surface area contributed by atoms with Crippen molar-refractivity contribution < 1.29 is 9.31 Å².